The molecular weight excluding hydrogens is 290 g/mol. The van der Waals surface area contributed by atoms with Crippen LogP contribution in [0.2, 0.25) is 0 Å². The van der Waals surface area contributed by atoms with Gasteiger partial charge in [0.25, 0.3) is 0 Å². The van der Waals surface area contributed by atoms with Gasteiger partial charge in [-0.3, -0.25) is 0 Å². The van der Waals surface area contributed by atoms with Crippen molar-refractivity contribution in [2.24, 2.45) is 0 Å². The molecule has 0 saturated carbocycles. The molecule has 0 saturated heterocycles. The summed E-state index contributed by atoms with van der Waals surface area (Å²) in [5.41, 5.74) is 0. The Kier molecular flexibility index (Phi) is 7.05. The van der Waals surface area contributed by atoms with Crippen LogP contribution in [0.1, 0.15) is 13.3 Å². The summed E-state index contributed by atoms with van der Waals surface area (Å²) in [5, 5.41) is 0. The molecule has 0 atom stereocenters. The molecule has 0 nitrogen and oxygen atoms in total. The van der Waals surface area contributed by atoms with Crippen LogP contribution in [0.25, 0.3) is 0 Å². The van der Waals surface area contributed by atoms with E-state index in [1.807, 2.05) is 0 Å². The van der Waals surface area contributed by atoms with Gasteiger partial charge in [-0.25, -0.2) is 0 Å². The SMILES string of the molecule is CCC[I-]I. The number of hydrogen-bond acceptors (Lipinski definition) is 0. The molecule has 0 aliphatic carbocycles. The Bertz CT molecular complexity index is 12.4. The van der Waals surface area contributed by atoms with E-state index < -0.39 is 0 Å². The van der Waals surface area contributed by atoms with Crippen molar-refractivity contribution in [1.29, 1.82) is 0 Å². The fourth-order valence-corrected chi connectivity index (χ4v) is 3.21. The summed E-state index contributed by atoms with van der Waals surface area (Å²) in [6, 6.07) is 0. The second-order valence-electron chi connectivity index (χ2n) is 0.790. The van der Waals surface area contributed by atoms with Crippen LogP contribution in [0.3, 0.4) is 0 Å². The molecule has 0 aromatic carbocycles. The van der Waals surface area contributed by atoms with Crippen molar-refractivity contribution in [3.05, 3.63) is 0 Å². The molecule has 0 amide bonds. The maximum absolute atomic E-state index is 2.50. The van der Waals surface area contributed by atoms with Crippen molar-refractivity contribution in [3.63, 3.8) is 0 Å². The minimum atomic E-state index is 0.577. The molecule has 0 radical (unpaired) electrons. The molecule has 5 heavy (non-hydrogen) atoms. The Labute approximate surface area is 53.2 Å². The van der Waals surface area contributed by atoms with Gasteiger partial charge < -0.3 is 0 Å². The Morgan fingerprint density at radius 2 is 2.40 bits per heavy atom. The van der Waals surface area contributed by atoms with Crippen molar-refractivity contribution in [3.8, 4) is 0 Å². The average Bonchev–Trinajstić information content (AvgIpc) is 1.41. The molecule has 2 heteroatoms. The fraction of sp³-hybridized carbons (Fsp3) is 1.00. The first-order chi connectivity index (χ1) is 2.41. The Balaban J connectivity index is 2.19. The van der Waals surface area contributed by atoms with Crippen LogP contribution in [0, 0.1) is 0 Å². The molecule has 0 aliphatic heterocycles. The molecule has 34 valence electrons. The second kappa shape index (κ2) is 5.46. The molecule has 0 aromatic heterocycles. The summed E-state index contributed by atoms with van der Waals surface area (Å²) in [6.07, 6.45) is 1.39. The molecule has 0 aliphatic rings. The summed E-state index contributed by atoms with van der Waals surface area (Å²) < 4.78 is 1.49. The molecule has 0 heterocycles. The number of rotatable bonds is 2. The van der Waals surface area contributed by atoms with Gasteiger partial charge in [0.05, 0.1) is 0 Å². The summed E-state index contributed by atoms with van der Waals surface area (Å²) in [7, 11) is 0. The molecule has 0 bridgehead atoms. The van der Waals surface area contributed by atoms with E-state index in [4.69, 9.17) is 0 Å². The third kappa shape index (κ3) is 5.46. The van der Waals surface area contributed by atoms with Gasteiger partial charge in [0.15, 0.2) is 0 Å². The van der Waals surface area contributed by atoms with Crippen molar-refractivity contribution >= 4 is 18.6 Å². The summed E-state index contributed by atoms with van der Waals surface area (Å²) in [5.74, 6) is 0. The van der Waals surface area contributed by atoms with E-state index in [9.17, 15) is 0 Å². The average molecular weight is 297 g/mol. The van der Waals surface area contributed by atoms with Crippen LogP contribution >= 0.6 is 18.6 Å². The topological polar surface area (TPSA) is 0 Å². The van der Waals surface area contributed by atoms with Gasteiger partial charge in [-0.1, -0.05) is 0 Å². The Morgan fingerprint density at radius 3 is 2.40 bits per heavy atom. The molecule has 0 unspecified atom stereocenters. The number of halogens is 2. The van der Waals surface area contributed by atoms with Crippen LogP contribution < -0.4 is 17.2 Å². The summed E-state index contributed by atoms with van der Waals surface area (Å²) >= 11 is 3.07. The van der Waals surface area contributed by atoms with Crippen molar-refractivity contribution in [2.45, 2.75) is 13.3 Å². The van der Waals surface area contributed by atoms with Gasteiger partial charge in [0, 0.05) is 0 Å². The number of alkyl halides is 1. The predicted molar refractivity (Wildman–Crippen MR) is 29.2 cm³/mol. The second-order valence-corrected chi connectivity index (χ2v) is 6.31. The maximum atomic E-state index is 2.50. The van der Waals surface area contributed by atoms with Crippen LogP contribution in [0.5, 0.6) is 0 Å². The quantitative estimate of drug-likeness (QED) is 0.445. The minimum absolute atomic E-state index is 0.577. The molecule has 0 spiro atoms. The first kappa shape index (κ1) is 6.46. The summed E-state index contributed by atoms with van der Waals surface area (Å²) in [4.78, 5) is 0. The first-order valence-electron chi connectivity index (χ1n) is 1.62. The van der Waals surface area contributed by atoms with E-state index >= 15 is 0 Å². The van der Waals surface area contributed by atoms with Crippen LogP contribution in [0.4, 0.5) is 0 Å². The van der Waals surface area contributed by atoms with Gasteiger partial charge in [-0.05, 0) is 0 Å². The third-order valence-corrected chi connectivity index (χ3v) is 4.48. The summed E-state index contributed by atoms with van der Waals surface area (Å²) in [6.45, 7) is 2.23. The van der Waals surface area contributed by atoms with Gasteiger partial charge >= 0.3 is 53.6 Å². The van der Waals surface area contributed by atoms with E-state index in [0.29, 0.717) is 17.2 Å². The number of hydrogen-bond donors (Lipinski definition) is 0. The molecule has 0 rings (SSSR count). The van der Waals surface area contributed by atoms with E-state index in [2.05, 4.69) is 25.5 Å². The van der Waals surface area contributed by atoms with Crippen molar-refractivity contribution < 1.29 is 17.2 Å². The predicted octanol–water partition coefficient (Wildman–Crippen LogP) is -1.16. The standard InChI is InChI=1S/C3H7I2/c1-2-3-5-4/h2-3H2,1H3/q-1. The van der Waals surface area contributed by atoms with Crippen LogP contribution in [0.15, 0.2) is 0 Å². The van der Waals surface area contributed by atoms with Gasteiger partial charge in [-0.15, -0.1) is 0 Å². The monoisotopic (exact) mass is 297 g/mol. The van der Waals surface area contributed by atoms with Gasteiger partial charge in [0.2, 0.25) is 0 Å². The molecule has 0 N–H and O–H groups in total. The van der Waals surface area contributed by atoms with E-state index in [0.717, 1.165) is 0 Å². The van der Waals surface area contributed by atoms with Crippen LogP contribution in [-0.4, -0.2) is 4.43 Å². The van der Waals surface area contributed by atoms with Crippen LogP contribution in [-0.2, 0) is 0 Å². The van der Waals surface area contributed by atoms with E-state index in [1.165, 1.54) is 10.8 Å². The molecule has 0 aromatic rings. The fourth-order valence-electron chi connectivity index (χ4n) is 0.0714. The zero-order chi connectivity index (χ0) is 4.12. The van der Waals surface area contributed by atoms with Gasteiger partial charge in [-0.2, -0.15) is 0 Å². The van der Waals surface area contributed by atoms with E-state index in [1.54, 1.807) is 0 Å². The van der Waals surface area contributed by atoms with Crippen molar-refractivity contribution in [1.82, 2.24) is 0 Å². The Hall–Kier alpha value is 1.46. The zero-order valence-corrected chi connectivity index (χ0v) is 7.49. The first-order valence-corrected chi connectivity index (χ1v) is 9.43. The Morgan fingerprint density at radius 1 is 1.80 bits per heavy atom. The third-order valence-electron chi connectivity index (χ3n) is 0.260. The van der Waals surface area contributed by atoms with Crippen molar-refractivity contribution in [2.75, 3.05) is 4.43 Å². The molecule has 0 fully saturated rings. The normalized spacial score (nSPS) is 9.20. The van der Waals surface area contributed by atoms with E-state index in [-0.39, 0.29) is 0 Å². The zero-order valence-electron chi connectivity index (χ0n) is 3.17. The molecular formula is C3H7I2-. The van der Waals surface area contributed by atoms with Gasteiger partial charge in [0.1, 0.15) is 0 Å².